The number of rotatable bonds is 5. The summed E-state index contributed by atoms with van der Waals surface area (Å²) in [7, 11) is 0. The topological polar surface area (TPSA) is 6.48 Å². The lowest BCUT2D eigenvalue weighted by atomic mass is 10.1. The molecule has 18 heavy (non-hydrogen) atoms. The van der Waals surface area contributed by atoms with Gasteiger partial charge in [0.1, 0.15) is 0 Å². The zero-order chi connectivity index (χ0) is 13.0. The lowest BCUT2D eigenvalue weighted by Gasteiger charge is -2.34. The fraction of sp³-hybridized carbons (Fsp3) is 0.714. The van der Waals surface area contributed by atoms with Crippen LogP contribution in [0.25, 0.3) is 0 Å². The van der Waals surface area contributed by atoms with Gasteiger partial charge in [-0.3, -0.25) is 4.90 Å². The highest BCUT2D eigenvalue weighted by atomic mass is 79.9. The van der Waals surface area contributed by atoms with Gasteiger partial charge < -0.3 is 4.90 Å². The van der Waals surface area contributed by atoms with Crippen molar-refractivity contribution in [3.8, 4) is 0 Å². The molecule has 0 radical (unpaired) electrons. The van der Waals surface area contributed by atoms with Crippen molar-refractivity contribution in [1.29, 1.82) is 0 Å². The first kappa shape index (κ1) is 14.5. The van der Waals surface area contributed by atoms with Crippen LogP contribution in [0.2, 0.25) is 0 Å². The zero-order valence-electron chi connectivity index (χ0n) is 11.4. The van der Waals surface area contributed by atoms with Crippen molar-refractivity contribution < 1.29 is 0 Å². The van der Waals surface area contributed by atoms with Gasteiger partial charge in [-0.25, -0.2) is 0 Å². The Kier molecular flexibility index (Phi) is 5.67. The minimum absolute atomic E-state index is 0.825. The molecule has 2 heterocycles. The summed E-state index contributed by atoms with van der Waals surface area (Å²) in [4.78, 5) is 6.66. The fourth-order valence-electron chi connectivity index (χ4n) is 2.27. The van der Waals surface area contributed by atoms with Crippen molar-refractivity contribution in [1.82, 2.24) is 9.80 Å². The molecule has 0 unspecified atom stereocenters. The van der Waals surface area contributed by atoms with Gasteiger partial charge in [-0.15, -0.1) is 11.3 Å². The van der Waals surface area contributed by atoms with Crippen LogP contribution < -0.4 is 0 Å². The van der Waals surface area contributed by atoms with Crippen LogP contribution in [0.1, 0.15) is 25.1 Å². The van der Waals surface area contributed by atoms with Crippen molar-refractivity contribution in [2.75, 3.05) is 32.7 Å². The Morgan fingerprint density at radius 2 is 1.83 bits per heavy atom. The smallest absolute Gasteiger partial charge is 0.0701 e. The van der Waals surface area contributed by atoms with Crippen LogP contribution in [0.15, 0.2) is 15.9 Å². The van der Waals surface area contributed by atoms with E-state index in [2.05, 4.69) is 51.7 Å². The number of hydrogen-bond donors (Lipinski definition) is 0. The SMILES string of the molecule is CC(C)CCN1CCN(Cc2ccc(Br)s2)CC1. The summed E-state index contributed by atoms with van der Waals surface area (Å²) in [5.74, 6) is 0.825. The average Bonchev–Trinajstić information content (AvgIpc) is 2.74. The molecule has 102 valence electrons. The third-order valence-electron chi connectivity index (χ3n) is 3.50. The molecule has 0 atom stereocenters. The molecule has 0 aromatic carbocycles. The molecular formula is C14H23BrN2S. The Bertz CT molecular complexity index is 356. The monoisotopic (exact) mass is 330 g/mol. The second kappa shape index (κ2) is 7.04. The van der Waals surface area contributed by atoms with Crippen LogP contribution in [0.3, 0.4) is 0 Å². The molecule has 2 nitrogen and oxygen atoms in total. The predicted molar refractivity (Wildman–Crippen MR) is 83.2 cm³/mol. The van der Waals surface area contributed by atoms with E-state index in [9.17, 15) is 0 Å². The third-order valence-corrected chi connectivity index (χ3v) is 5.10. The van der Waals surface area contributed by atoms with Gasteiger partial charge in [0.05, 0.1) is 3.79 Å². The second-order valence-corrected chi connectivity index (χ2v) is 8.05. The van der Waals surface area contributed by atoms with Gasteiger partial charge in [0.2, 0.25) is 0 Å². The first-order chi connectivity index (χ1) is 8.63. The predicted octanol–water partition coefficient (Wildman–Crippen LogP) is 3.67. The number of hydrogen-bond acceptors (Lipinski definition) is 3. The summed E-state index contributed by atoms with van der Waals surface area (Å²) < 4.78 is 1.24. The minimum atomic E-state index is 0.825. The Hall–Kier alpha value is 0.1000. The van der Waals surface area contributed by atoms with E-state index in [4.69, 9.17) is 0 Å². The van der Waals surface area contributed by atoms with Crippen LogP contribution in [-0.2, 0) is 6.54 Å². The van der Waals surface area contributed by atoms with E-state index < -0.39 is 0 Å². The summed E-state index contributed by atoms with van der Waals surface area (Å²) in [6, 6.07) is 4.39. The first-order valence-electron chi connectivity index (χ1n) is 6.82. The molecule has 1 aromatic rings. The first-order valence-corrected chi connectivity index (χ1v) is 8.43. The van der Waals surface area contributed by atoms with E-state index in [0.717, 1.165) is 12.5 Å². The van der Waals surface area contributed by atoms with Crippen molar-refractivity contribution in [2.45, 2.75) is 26.8 Å². The maximum Gasteiger partial charge on any atom is 0.0701 e. The van der Waals surface area contributed by atoms with Crippen LogP contribution >= 0.6 is 27.3 Å². The molecule has 0 aliphatic carbocycles. The average molecular weight is 331 g/mol. The Morgan fingerprint density at radius 1 is 1.17 bits per heavy atom. The van der Waals surface area contributed by atoms with Gasteiger partial charge >= 0.3 is 0 Å². The van der Waals surface area contributed by atoms with Crippen LogP contribution in [0.5, 0.6) is 0 Å². The molecule has 1 fully saturated rings. The molecule has 0 N–H and O–H groups in total. The van der Waals surface area contributed by atoms with Crippen LogP contribution in [0, 0.1) is 5.92 Å². The summed E-state index contributed by atoms with van der Waals surface area (Å²) in [5, 5.41) is 0. The highest BCUT2D eigenvalue weighted by Gasteiger charge is 2.17. The summed E-state index contributed by atoms with van der Waals surface area (Å²) in [6.45, 7) is 11.9. The van der Waals surface area contributed by atoms with E-state index in [0.29, 0.717) is 0 Å². The van der Waals surface area contributed by atoms with E-state index >= 15 is 0 Å². The molecule has 2 rings (SSSR count). The number of nitrogens with zero attached hydrogens (tertiary/aromatic N) is 2. The van der Waals surface area contributed by atoms with E-state index in [1.165, 1.54) is 47.8 Å². The van der Waals surface area contributed by atoms with Crippen molar-refractivity contribution in [3.63, 3.8) is 0 Å². The molecule has 0 saturated carbocycles. The summed E-state index contributed by atoms with van der Waals surface area (Å²) in [5.41, 5.74) is 0. The molecule has 4 heteroatoms. The standard InChI is InChI=1S/C14H23BrN2S/c1-12(2)5-6-16-7-9-17(10-8-16)11-13-3-4-14(15)18-13/h3-4,12H,5-11H2,1-2H3. The fourth-order valence-corrected chi connectivity index (χ4v) is 3.79. The maximum atomic E-state index is 3.53. The third kappa shape index (κ3) is 4.65. The summed E-state index contributed by atoms with van der Waals surface area (Å²) in [6.07, 6.45) is 1.33. The molecule has 0 bridgehead atoms. The highest BCUT2D eigenvalue weighted by Crippen LogP contribution is 2.23. The lowest BCUT2D eigenvalue weighted by molar-refractivity contribution is 0.124. The largest absolute Gasteiger partial charge is 0.301 e. The quantitative estimate of drug-likeness (QED) is 0.812. The van der Waals surface area contributed by atoms with Crippen molar-refractivity contribution in [3.05, 3.63) is 20.8 Å². The molecular weight excluding hydrogens is 308 g/mol. The maximum absolute atomic E-state index is 3.53. The molecule has 0 spiro atoms. The molecule has 1 aliphatic rings. The normalized spacial score (nSPS) is 18.7. The zero-order valence-corrected chi connectivity index (χ0v) is 13.8. The number of thiophene rings is 1. The number of piperazine rings is 1. The molecule has 1 aliphatic heterocycles. The Balaban J connectivity index is 1.70. The van der Waals surface area contributed by atoms with E-state index in [-0.39, 0.29) is 0 Å². The van der Waals surface area contributed by atoms with Crippen molar-refractivity contribution >= 4 is 27.3 Å². The molecule has 1 saturated heterocycles. The van der Waals surface area contributed by atoms with Gasteiger partial charge in [-0.1, -0.05) is 13.8 Å². The number of halogens is 1. The highest BCUT2D eigenvalue weighted by molar-refractivity contribution is 9.11. The second-order valence-electron chi connectivity index (χ2n) is 5.51. The minimum Gasteiger partial charge on any atom is -0.301 e. The van der Waals surface area contributed by atoms with Crippen molar-refractivity contribution in [2.24, 2.45) is 5.92 Å². The molecule has 0 amide bonds. The van der Waals surface area contributed by atoms with Gasteiger partial charge in [-0.2, -0.15) is 0 Å². The molecule has 1 aromatic heterocycles. The summed E-state index contributed by atoms with van der Waals surface area (Å²) >= 11 is 5.39. The lowest BCUT2D eigenvalue weighted by Crippen LogP contribution is -2.46. The Morgan fingerprint density at radius 3 is 2.39 bits per heavy atom. The van der Waals surface area contributed by atoms with Gasteiger partial charge in [0.25, 0.3) is 0 Å². The van der Waals surface area contributed by atoms with Gasteiger partial charge in [0, 0.05) is 37.6 Å². The van der Waals surface area contributed by atoms with Gasteiger partial charge in [0.15, 0.2) is 0 Å². The van der Waals surface area contributed by atoms with Crippen LogP contribution in [0.4, 0.5) is 0 Å². The van der Waals surface area contributed by atoms with Crippen LogP contribution in [-0.4, -0.2) is 42.5 Å². The van der Waals surface area contributed by atoms with Gasteiger partial charge in [-0.05, 0) is 46.9 Å². The van der Waals surface area contributed by atoms with E-state index in [1.807, 2.05) is 11.3 Å². The van der Waals surface area contributed by atoms with E-state index in [1.54, 1.807) is 0 Å². The Labute approximate surface area is 123 Å².